The summed E-state index contributed by atoms with van der Waals surface area (Å²) in [5.74, 6) is -0.342. The number of carbonyl (C=O) groups is 1. The number of carbonyl (C=O) groups excluding carboxylic acids is 1. The first-order valence-corrected chi connectivity index (χ1v) is 10.9. The Morgan fingerprint density at radius 1 is 1.11 bits per heavy atom. The summed E-state index contributed by atoms with van der Waals surface area (Å²) < 4.78 is 19.0. The van der Waals surface area contributed by atoms with E-state index in [0.717, 1.165) is 5.65 Å². The van der Waals surface area contributed by atoms with E-state index in [0.29, 0.717) is 33.8 Å². The number of hydrogen-bond donors (Lipinski definition) is 1. The highest BCUT2D eigenvalue weighted by Crippen LogP contribution is 2.27. The molecule has 0 aliphatic heterocycles. The molecule has 0 radical (unpaired) electrons. The maximum Gasteiger partial charge on any atom is 0.261 e. The summed E-state index contributed by atoms with van der Waals surface area (Å²) >= 11 is 0. The van der Waals surface area contributed by atoms with Crippen LogP contribution in [-0.4, -0.2) is 34.6 Å². The molecule has 0 saturated heterocycles. The van der Waals surface area contributed by atoms with Gasteiger partial charge in [0.1, 0.15) is 28.6 Å². The van der Waals surface area contributed by atoms with E-state index in [-0.39, 0.29) is 17.9 Å². The molecular formula is C25H19FN8O. The number of halogens is 1. The normalized spacial score (nSPS) is 11.5. The van der Waals surface area contributed by atoms with Crippen LogP contribution >= 0.6 is 0 Å². The van der Waals surface area contributed by atoms with Gasteiger partial charge in [0, 0.05) is 24.7 Å². The molecule has 6 rings (SSSR count). The van der Waals surface area contributed by atoms with Crippen LogP contribution in [0.3, 0.4) is 0 Å². The molecule has 35 heavy (non-hydrogen) atoms. The van der Waals surface area contributed by atoms with E-state index < -0.39 is 11.7 Å². The maximum absolute atomic E-state index is 15.3. The van der Waals surface area contributed by atoms with Gasteiger partial charge in [-0.05, 0) is 37.3 Å². The molecule has 2 N–H and O–H groups in total. The summed E-state index contributed by atoms with van der Waals surface area (Å²) in [6.07, 6.45) is 8.50. The highest BCUT2D eigenvalue weighted by Gasteiger charge is 2.24. The predicted molar refractivity (Wildman–Crippen MR) is 130 cm³/mol. The van der Waals surface area contributed by atoms with Gasteiger partial charge in [-0.25, -0.2) is 19.3 Å². The second-order valence-corrected chi connectivity index (χ2v) is 8.14. The minimum Gasteiger partial charge on any atom is -0.382 e. The Labute approximate surface area is 198 Å². The number of nitrogens with zero attached hydrogens (tertiary/aromatic N) is 7. The predicted octanol–water partition coefficient (Wildman–Crippen LogP) is 3.80. The van der Waals surface area contributed by atoms with Gasteiger partial charge in [0.15, 0.2) is 0 Å². The molecule has 1 aromatic carbocycles. The molecule has 0 aliphatic carbocycles. The van der Waals surface area contributed by atoms with E-state index in [1.165, 1.54) is 17.0 Å². The van der Waals surface area contributed by atoms with E-state index in [2.05, 4.69) is 19.9 Å². The molecule has 10 heteroatoms. The molecule has 6 aromatic rings. The second kappa shape index (κ2) is 7.87. The number of hydrogen-bond acceptors (Lipinski definition) is 6. The van der Waals surface area contributed by atoms with Gasteiger partial charge >= 0.3 is 0 Å². The van der Waals surface area contributed by atoms with Crippen molar-refractivity contribution in [2.75, 3.05) is 10.6 Å². The van der Waals surface area contributed by atoms with Crippen molar-refractivity contribution in [1.29, 1.82) is 0 Å². The molecule has 0 unspecified atom stereocenters. The van der Waals surface area contributed by atoms with Crippen molar-refractivity contribution in [3.8, 4) is 0 Å². The first-order chi connectivity index (χ1) is 17.0. The lowest BCUT2D eigenvalue weighted by Gasteiger charge is -2.22. The van der Waals surface area contributed by atoms with Gasteiger partial charge in [0.25, 0.3) is 5.91 Å². The van der Waals surface area contributed by atoms with E-state index in [9.17, 15) is 4.79 Å². The number of anilines is 2. The Kier molecular flexibility index (Phi) is 4.66. The van der Waals surface area contributed by atoms with E-state index in [1.807, 2.05) is 41.9 Å². The molecule has 0 fully saturated rings. The van der Waals surface area contributed by atoms with Crippen LogP contribution in [0.15, 0.2) is 73.4 Å². The lowest BCUT2D eigenvalue weighted by molar-refractivity contribution is 0.0981. The number of fused-ring (bicyclic) bond motifs is 4. The van der Waals surface area contributed by atoms with E-state index in [1.54, 1.807) is 35.1 Å². The van der Waals surface area contributed by atoms with Crippen molar-refractivity contribution in [2.24, 2.45) is 0 Å². The third-order valence-electron chi connectivity index (χ3n) is 5.91. The molecule has 5 aromatic heterocycles. The fourth-order valence-corrected chi connectivity index (χ4v) is 4.26. The number of nitrogen functional groups attached to an aromatic ring is 1. The van der Waals surface area contributed by atoms with Crippen LogP contribution in [0.5, 0.6) is 0 Å². The van der Waals surface area contributed by atoms with Crippen molar-refractivity contribution in [3.05, 3.63) is 96.3 Å². The highest BCUT2D eigenvalue weighted by atomic mass is 19.1. The monoisotopic (exact) mass is 466 g/mol. The van der Waals surface area contributed by atoms with Gasteiger partial charge in [0.2, 0.25) is 0 Å². The zero-order chi connectivity index (χ0) is 24.1. The number of aromatic nitrogens is 6. The number of imidazole rings is 2. The number of aryl methyl sites for hydroxylation is 1. The van der Waals surface area contributed by atoms with Gasteiger partial charge in [-0.3, -0.25) is 14.2 Å². The third kappa shape index (κ3) is 3.43. The van der Waals surface area contributed by atoms with Crippen LogP contribution in [0.4, 0.5) is 15.9 Å². The van der Waals surface area contributed by atoms with E-state index in [4.69, 9.17) is 5.73 Å². The summed E-state index contributed by atoms with van der Waals surface area (Å²) in [6.45, 7) is 1.94. The third-order valence-corrected chi connectivity index (χ3v) is 5.91. The van der Waals surface area contributed by atoms with Crippen LogP contribution in [0.2, 0.25) is 0 Å². The Morgan fingerprint density at radius 3 is 2.80 bits per heavy atom. The lowest BCUT2D eigenvalue weighted by atomic mass is 10.1. The van der Waals surface area contributed by atoms with Crippen molar-refractivity contribution >= 4 is 39.6 Å². The number of benzene rings is 1. The molecule has 0 bridgehead atoms. The van der Waals surface area contributed by atoms with Crippen LogP contribution in [-0.2, 0) is 6.54 Å². The van der Waals surface area contributed by atoms with Crippen LogP contribution < -0.4 is 10.6 Å². The SMILES string of the molecule is Cc1ncc2c(N)nc3cc(F)c(C(=O)N(Cc4cn5ccccc5n4)c4cccnc4)cc3n12. The molecule has 0 aliphatic rings. The molecule has 0 atom stereocenters. The zero-order valence-corrected chi connectivity index (χ0v) is 18.6. The van der Waals surface area contributed by atoms with Gasteiger partial charge in [-0.15, -0.1) is 0 Å². The number of amides is 1. The van der Waals surface area contributed by atoms with Crippen LogP contribution in [0.25, 0.3) is 22.2 Å². The molecule has 0 saturated carbocycles. The largest absolute Gasteiger partial charge is 0.382 e. The Bertz CT molecular complexity index is 1710. The average molecular weight is 466 g/mol. The van der Waals surface area contributed by atoms with Crippen molar-refractivity contribution in [2.45, 2.75) is 13.5 Å². The summed E-state index contributed by atoms with van der Waals surface area (Å²) in [4.78, 5) is 32.6. The van der Waals surface area contributed by atoms with Crippen molar-refractivity contribution in [3.63, 3.8) is 0 Å². The number of nitrogens with two attached hydrogens (primary N) is 1. The number of pyridine rings is 2. The molecule has 0 spiro atoms. The minimum absolute atomic E-state index is 0.105. The molecular weight excluding hydrogens is 447 g/mol. The van der Waals surface area contributed by atoms with Crippen LogP contribution in [0, 0.1) is 12.7 Å². The van der Waals surface area contributed by atoms with Crippen molar-refractivity contribution < 1.29 is 9.18 Å². The maximum atomic E-state index is 15.3. The topological polar surface area (TPSA) is 107 Å². The van der Waals surface area contributed by atoms with Gasteiger partial charge < -0.3 is 15.0 Å². The second-order valence-electron chi connectivity index (χ2n) is 8.14. The first kappa shape index (κ1) is 20.7. The molecule has 9 nitrogen and oxygen atoms in total. The summed E-state index contributed by atoms with van der Waals surface area (Å²) in [5, 5.41) is 0. The first-order valence-electron chi connectivity index (χ1n) is 10.9. The van der Waals surface area contributed by atoms with Crippen molar-refractivity contribution in [1.82, 2.24) is 28.7 Å². The fraction of sp³-hybridized carbons (Fsp3) is 0.0800. The molecule has 1 amide bonds. The molecule has 172 valence electrons. The Morgan fingerprint density at radius 2 is 2.00 bits per heavy atom. The van der Waals surface area contributed by atoms with Gasteiger partial charge in [0.05, 0.1) is 46.9 Å². The van der Waals surface area contributed by atoms with Crippen LogP contribution in [0.1, 0.15) is 21.9 Å². The van der Waals surface area contributed by atoms with E-state index >= 15 is 4.39 Å². The summed E-state index contributed by atoms with van der Waals surface area (Å²) in [5.41, 5.74) is 9.31. The lowest BCUT2D eigenvalue weighted by Crippen LogP contribution is -2.31. The summed E-state index contributed by atoms with van der Waals surface area (Å²) in [7, 11) is 0. The van der Waals surface area contributed by atoms with Gasteiger partial charge in [-0.1, -0.05) is 6.07 Å². The molecule has 5 heterocycles. The highest BCUT2D eigenvalue weighted by molar-refractivity contribution is 6.08. The van der Waals surface area contributed by atoms with Gasteiger partial charge in [-0.2, -0.15) is 0 Å². The Balaban J connectivity index is 1.49. The smallest absolute Gasteiger partial charge is 0.261 e. The standard InChI is InChI=1S/C25H19FN8O/c1-15-29-12-22-24(27)31-20-10-19(26)18(9-21(20)34(15)22)25(35)33(17-5-4-7-28-11-17)14-16-13-32-8-3-2-6-23(32)30-16/h2-13H,14H2,1H3,(H2,27,31). The Hall–Kier alpha value is -4.86. The minimum atomic E-state index is -0.699. The zero-order valence-electron chi connectivity index (χ0n) is 18.6. The average Bonchev–Trinajstić information content (AvgIpc) is 3.46. The quantitative estimate of drug-likeness (QED) is 0.424. The number of rotatable bonds is 4. The fourth-order valence-electron chi connectivity index (χ4n) is 4.26. The summed E-state index contributed by atoms with van der Waals surface area (Å²) in [6, 6.07) is 11.9.